The highest BCUT2D eigenvalue weighted by Crippen LogP contribution is 2.50. The predicted octanol–water partition coefficient (Wildman–Crippen LogP) is 9.42. The van der Waals surface area contributed by atoms with Crippen LogP contribution in [-0.2, 0) is 6.61 Å². The van der Waals surface area contributed by atoms with Gasteiger partial charge in [0.1, 0.15) is 6.61 Å². The van der Waals surface area contributed by atoms with Crippen LogP contribution < -0.4 is 14.8 Å². The van der Waals surface area contributed by atoms with Crippen molar-refractivity contribution in [2.24, 2.45) is 10.9 Å². The standard InChI is InChI=1S/C34H30ClIN2O2/c1-21-6-15-31-29(16-21)27-4-3-5-28(27)33(38-31)24-9-13-26(14-10-24)37-19-23-17-30(36)34(32(18-23)39-2)40-20-22-7-11-25(35)12-8-22/h3-4,6-19,27-28,33,38H,5,20H2,1-2H3/t27-,28-,33-/m0/s1. The van der Waals surface area contributed by atoms with Gasteiger partial charge < -0.3 is 14.8 Å². The molecule has 0 radical (unpaired) electrons. The van der Waals surface area contributed by atoms with Gasteiger partial charge in [0.25, 0.3) is 0 Å². The molecule has 6 rings (SSSR count). The molecule has 0 amide bonds. The van der Waals surface area contributed by atoms with Crippen molar-refractivity contribution in [2.75, 3.05) is 12.4 Å². The van der Waals surface area contributed by atoms with Crippen molar-refractivity contribution in [1.82, 2.24) is 0 Å². The van der Waals surface area contributed by atoms with Crippen LogP contribution in [0.2, 0.25) is 5.02 Å². The summed E-state index contributed by atoms with van der Waals surface area (Å²) in [5.41, 5.74) is 8.17. The van der Waals surface area contributed by atoms with Crippen molar-refractivity contribution < 1.29 is 9.47 Å². The number of methoxy groups -OCH3 is 1. The molecule has 4 aromatic carbocycles. The molecule has 1 aliphatic carbocycles. The molecule has 40 heavy (non-hydrogen) atoms. The second-order valence-electron chi connectivity index (χ2n) is 10.4. The average Bonchev–Trinajstić information content (AvgIpc) is 3.47. The van der Waals surface area contributed by atoms with E-state index in [0.29, 0.717) is 29.2 Å². The zero-order chi connectivity index (χ0) is 27.6. The molecule has 1 heterocycles. The molecule has 1 N–H and O–H groups in total. The first-order valence-corrected chi connectivity index (χ1v) is 14.9. The molecule has 2 aliphatic rings. The highest BCUT2D eigenvalue weighted by molar-refractivity contribution is 14.1. The summed E-state index contributed by atoms with van der Waals surface area (Å²) in [6.45, 7) is 2.60. The van der Waals surface area contributed by atoms with Crippen molar-refractivity contribution in [1.29, 1.82) is 0 Å². The fraction of sp³-hybridized carbons (Fsp3) is 0.206. The first-order chi connectivity index (χ1) is 19.5. The number of fused-ring (bicyclic) bond motifs is 3. The normalized spacial score (nSPS) is 19.2. The number of benzene rings is 4. The lowest BCUT2D eigenvalue weighted by atomic mass is 9.76. The summed E-state index contributed by atoms with van der Waals surface area (Å²) in [5, 5.41) is 4.53. The lowest BCUT2D eigenvalue weighted by Crippen LogP contribution is -2.29. The molecule has 3 atom stereocenters. The Morgan fingerprint density at radius 1 is 1.02 bits per heavy atom. The number of nitrogens with zero attached hydrogens (tertiary/aromatic N) is 1. The monoisotopic (exact) mass is 660 g/mol. The minimum absolute atomic E-state index is 0.277. The van der Waals surface area contributed by atoms with E-state index in [1.807, 2.05) is 36.5 Å². The van der Waals surface area contributed by atoms with Crippen molar-refractivity contribution in [2.45, 2.75) is 31.9 Å². The van der Waals surface area contributed by atoms with Gasteiger partial charge in [-0.1, -0.05) is 65.7 Å². The van der Waals surface area contributed by atoms with Crippen molar-refractivity contribution >= 4 is 51.8 Å². The number of hydrogen-bond donors (Lipinski definition) is 1. The van der Waals surface area contributed by atoms with Gasteiger partial charge in [-0.15, -0.1) is 0 Å². The predicted molar refractivity (Wildman–Crippen MR) is 173 cm³/mol. The Labute approximate surface area is 254 Å². The molecule has 1 aliphatic heterocycles. The maximum Gasteiger partial charge on any atom is 0.174 e. The molecular weight excluding hydrogens is 631 g/mol. The van der Waals surface area contributed by atoms with E-state index in [9.17, 15) is 0 Å². The number of ether oxygens (including phenoxy) is 2. The summed E-state index contributed by atoms with van der Waals surface area (Å²) in [7, 11) is 1.66. The Balaban J connectivity index is 1.16. The molecule has 0 fully saturated rings. The average molecular weight is 661 g/mol. The molecule has 4 nitrogen and oxygen atoms in total. The second kappa shape index (κ2) is 11.7. The van der Waals surface area contributed by atoms with Crippen LogP contribution >= 0.6 is 34.2 Å². The largest absolute Gasteiger partial charge is 0.493 e. The van der Waals surface area contributed by atoms with Crippen LogP contribution in [-0.4, -0.2) is 13.3 Å². The van der Waals surface area contributed by atoms with Gasteiger partial charge in [-0.25, -0.2) is 0 Å². The molecular formula is C34H30ClIN2O2. The van der Waals surface area contributed by atoms with Crippen LogP contribution in [0.25, 0.3) is 0 Å². The number of aryl methyl sites for hydroxylation is 1. The molecule has 0 spiro atoms. The Hall–Kier alpha value is -3.29. The van der Waals surface area contributed by atoms with Gasteiger partial charge in [0.2, 0.25) is 0 Å². The number of halogens is 2. The second-order valence-corrected chi connectivity index (χ2v) is 12.0. The number of allylic oxidation sites excluding steroid dienone is 2. The van der Waals surface area contributed by atoms with Crippen molar-refractivity contribution in [3.63, 3.8) is 0 Å². The van der Waals surface area contributed by atoms with E-state index < -0.39 is 0 Å². The van der Waals surface area contributed by atoms with Gasteiger partial charge in [-0.2, -0.15) is 0 Å². The summed E-state index contributed by atoms with van der Waals surface area (Å²) in [5.74, 6) is 2.39. The lowest BCUT2D eigenvalue weighted by Gasteiger charge is -2.37. The van der Waals surface area contributed by atoms with Gasteiger partial charge in [0, 0.05) is 22.8 Å². The third-order valence-electron chi connectivity index (χ3n) is 7.68. The fourth-order valence-electron chi connectivity index (χ4n) is 5.65. The van der Waals surface area contributed by atoms with Crippen LogP contribution in [0.1, 0.15) is 46.2 Å². The number of rotatable bonds is 7. The van der Waals surface area contributed by atoms with E-state index in [2.05, 4.69) is 95.5 Å². The molecule has 0 saturated carbocycles. The van der Waals surface area contributed by atoms with Crippen LogP contribution in [0.4, 0.5) is 11.4 Å². The number of aliphatic imine (C=N–C) groups is 1. The zero-order valence-electron chi connectivity index (χ0n) is 22.4. The Morgan fingerprint density at radius 2 is 1.82 bits per heavy atom. The van der Waals surface area contributed by atoms with Crippen LogP contribution in [0.15, 0.2) is 96.0 Å². The van der Waals surface area contributed by atoms with E-state index in [1.54, 1.807) is 7.11 Å². The zero-order valence-corrected chi connectivity index (χ0v) is 25.3. The van der Waals surface area contributed by atoms with Crippen LogP contribution in [0.5, 0.6) is 11.5 Å². The molecule has 0 saturated heterocycles. The number of anilines is 1. The SMILES string of the molecule is COc1cc(C=Nc2ccc([C@@H]3Nc4ccc(C)cc4[C@H]4C=CC[C@@H]43)cc2)cc(I)c1OCc1ccc(Cl)cc1. The quantitative estimate of drug-likeness (QED) is 0.122. The lowest BCUT2D eigenvalue weighted by molar-refractivity contribution is 0.282. The maximum absolute atomic E-state index is 6.10. The molecule has 6 heteroatoms. The first-order valence-electron chi connectivity index (χ1n) is 13.4. The van der Waals surface area contributed by atoms with E-state index in [1.165, 1.54) is 22.4 Å². The number of hydrogen-bond acceptors (Lipinski definition) is 4. The van der Waals surface area contributed by atoms with E-state index in [4.69, 9.17) is 26.1 Å². The molecule has 202 valence electrons. The maximum atomic E-state index is 6.10. The highest BCUT2D eigenvalue weighted by Gasteiger charge is 2.37. The Kier molecular flexibility index (Phi) is 7.85. The molecule has 0 bridgehead atoms. The van der Waals surface area contributed by atoms with Crippen molar-refractivity contribution in [3.8, 4) is 11.5 Å². The third kappa shape index (κ3) is 5.63. The Bertz CT molecular complexity index is 1580. The highest BCUT2D eigenvalue weighted by atomic mass is 127. The van der Waals surface area contributed by atoms with E-state index >= 15 is 0 Å². The van der Waals surface area contributed by atoms with Gasteiger partial charge >= 0.3 is 0 Å². The minimum Gasteiger partial charge on any atom is -0.493 e. The fourth-order valence-corrected chi connectivity index (χ4v) is 6.56. The summed E-state index contributed by atoms with van der Waals surface area (Å²) in [6.07, 6.45) is 7.69. The van der Waals surface area contributed by atoms with E-state index in [0.717, 1.165) is 32.6 Å². The van der Waals surface area contributed by atoms with Gasteiger partial charge in [-0.3, -0.25) is 4.99 Å². The third-order valence-corrected chi connectivity index (χ3v) is 8.73. The smallest absolute Gasteiger partial charge is 0.174 e. The topological polar surface area (TPSA) is 42.8 Å². The summed E-state index contributed by atoms with van der Waals surface area (Å²) in [4.78, 5) is 4.75. The van der Waals surface area contributed by atoms with Crippen LogP contribution in [0.3, 0.4) is 0 Å². The minimum atomic E-state index is 0.277. The van der Waals surface area contributed by atoms with E-state index in [-0.39, 0.29) is 6.04 Å². The summed E-state index contributed by atoms with van der Waals surface area (Å²) in [6, 6.07) is 27.3. The van der Waals surface area contributed by atoms with Crippen LogP contribution in [0, 0.1) is 16.4 Å². The Morgan fingerprint density at radius 3 is 2.60 bits per heavy atom. The van der Waals surface area contributed by atoms with Crippen molar-refractivity contribution in [3.05, 3.63) is 127 Å². The molecule has 0 unspecified atom stereocenters. The van der Waals surface area contributed by atoms with Gasteiger partial charge in [0.05, 0.1) is 22.4 Å². The number of nitrogens with one attached hydrogen (secondary N) is 1. The molecule has 0 aromatic heterocycles. The summed E-state index contributed by atoms with van der Waals surface area (Å²) >= 11 is 8.28. The first kappa shape index (κ1) is 26.9. The molecule has 4 aromatic rings. The van der Waals surface area contributed by atoms with Gasteiger partial charge in [0.15, 0.2) is 11.5 Å². The van der Waals surface area contributed by atoms with Gasteiger partial charge in [-0.05, 0) is 107 Å². The summed E-state index contributed by atoms with van der Waals surface area (Å²) < 4.78 is 12.7.